The van der Waals surface area contributed by atoms with Crippen LogP contribution in [0.15, 0.2) is 30.5 Å². The van der Waals surface area contributed by atoms with Crippen LogP contribution in [-0.2, 0) is 11.2 Å². The Morgan fingerprint density at radius 3 is 2.40 bits per heavy atom. The van der Waals surface area contributed by atoms with Crippen LogP contribution in [0, 0.1) is 6.92 Å². The Balaban J connectivity index is 1.53. The van der Waals surface area contributed by atoms with Crippen LogP contribution < -0.4 is 4.90 Å². The summed E-state index contributed by atoms with van der Waals surface area (Å²) in [7, 11) is 0. The molecule has 1 aliphatic rings. The van der Waals surface area contributed by atoms with Gasteiger partial charge in [-0.15, -0.1) is 5.10 Å². The van der Waals surface area contributed by atoms with Gasteiger partial charge in [-0.3, -0.25) is 9.78 Å². The molecule has 0 unspecified atom stereocenters. The van der Waals surface area contributed by atoms with Gasteiger partial charge in [-0.2, -0.15) is 5.10 Å². The summed E-state index contributed by atoms with van der Waals surface area (Å²) in [6.45, 7) is 9.16. The maximum absolute atomic E-state index is 12.5. The van der Waals surface area contributed by atoms with Gasteiger partial charge in [0.15, 0.2) is 5.82 Å². The number of hydrogen-bond acceptors (Lipinski definition) is 5. The zero-order chi connectivity index (χ0) is 17.8. The Hall–Kier alpha value is -2.50. The zero-order valence-electron chi connectivity index (χ0n) is 15.1. The summed E-state index contributed by atoms with van der Waals surface area (Å²) in [4.78, 5) is 21.1. The molecule has 1 saturated heterocycles. The van der Waals surface area contributed by atoms with E-state index in [1.807, 2.05) is 42.3 Å². The van der Waals surface area contributed by atoms with Crippen molar-refractivity contribution in [1.82, 2.24) is 20.1 Å². The maximum Gasteiger partial charge on any atom is 0.227 e. The first kappa shape index (κ1) is 17.3. The molecule has 0 bridgehead atoms. The van der Waals surface area contributed by atoms with Gasteiger partial charge in [0.05, 0.1) is 12.1 Å². The Kier molecular flexibility index (Phi) is 5.26. The summed E-state index contributed by atoms with van der Waals surface area (Å²) in [6.07, 6.45) is 2.24. The van der Waals surface area contributed by atoms with Crippen LogP contribution in [0.1, 0.15) is 36.7 Å². The van der Waals surface area contributed by atoms with E-state index < -0.39 is 0 Å². The van der Waals surface area contributed by atoms with Gasteiger partial charge < -0.3 is 9.80 Å². The van der Waals surface area contributed by atoms with Gasteiger partial charge in [0.25, 0.3) is 0 Å². The zero-order valence-corrected chi connectivity index (χ0v) is 15.1. The second-order valence-electron chi connectivity index (χ2n) is 6.82. The summed E-state index contributed by atoms with van der Waals surface area (Å²) in [6, 6.07) is 7.98. The fourth-order valence-corrected chi connectivity index (χ4v) is 2.91. The number of rotatable bonds is 4. The Bertz CT molecular complexity index is 704. The van der Waals surface area contributed by atoms with Gasteiger partial charge in [0, 0.05) is 38.1 Å². The minimum atomic E-state index is 0.161. The average Bonchev–Trinajstić information content (AvgIpc) is 2.63. The van der Waals surface area contributed by atoms with Crippen LogP contribution in [0.2, 0.25) is 0 Å². The Morgan fingerprint density at radius 2 is 1.84 bits per heavy atom. The minimum absolute atomic E-state index is 0.161. The highest BCUT2D eigenvalue weighted by Crippen LogP contribution is 2.15. The number of hydrogen-bond donors (Lipinski definition) is 0. The quantitative estimate of drug-likeness (QED) is 0.854. The molecule has 0 aliphatic carbocycles. The number of amides is 1. The topological polar surface area (TPSA) is 62.2 Å². The van der Waals surface area contributed by atoms with Crippen molar-refractivity contribution >= 4 is 11.7 Å². The number of piperazine rings is 1. The number of aromatic nitrogens is 3. The molecule has 0 spiro atoms. The molecule has 6 nitrogen and oxygen atoms in total. The van der Waals surface area contributed by atoms with Crippen LogP contribution in [0.4, 0.5) is 5.82 Å². The number of carbonyl (C=O) groups excluding carboxylic acids is 1. The molecule has 25 heavy (non-hydrogen) atoms. The normalized spacial score (nSPS) is 14.9. The van der Waals surface area contributed by atoms with Crippen molar-refractivity contribution in [1.29, 1.82) is 0 Å². The average molecular weight is 339 g/mol. The standard InChI is InChI=1S/C19H25N5O/c1-14(2)17-6-5-16(13-20-17)12-19(25)24-10-8-23(9-11-24)18-7-4-15(3)21-22-18/h4-7,13-14H,8-12H2,1-3H3. The molecule has 1 fully saturated rings. The second kappa shape index (κ2) is 7.59. The number of pyridine rings is 1. The lowest BCUT2D eigenvalue weighted by Gasteiger charge is -2.35. The van der Waals surface area contributed by atoms with Crippen molar-refractivity contribution in [2.24, 2.45) is 0 Å². The summed E-state index contributed by atoms with van der Waals surface area (Å²) in [5.74, 6) is 1.45. The summed E-state index contributed by atoms with van der Waals surface area (Å²) >= 11 is 0. The van der Waals surface area contributed by atoms with Crippen molar-refractivity contribution < 1.29 is 4.79 Å². The first-order valence-corrected chi connectivity index (χ1v) is 8.81. The van der Waals surface area contributed by atoms with E-state index in [4.69, 9.17) is 0 Å². The predicted octanol–water partition coefficient (Wildman–Crippen LogP) is 2.19. The van der Waals surface area contributed by atoms with Crippen LogP contribution in [0.5, 0.6) is 0 Å². The smallest absolute Gasteiger partial charge is 0.227 e. The third kappa shape index (κ3) is 4.32. The number of anilines is 1. The molecule has 132 valence electrons. The van der Waals surface area contributed by atoms with Crippen molar-refractivity contribution in [3.8, 4) is 0 Å². The molecule has 2 aromatic heterocycles. The highest BCUT2D eigenvalue weighted by atomic mass is 16.2. The number of carbonyl (C=O) groups is 1. The van der Waals surface area contributed by atoms with E-state index in [9.17, 15) is 4.79 Å². The molecule has 0 N–H and O–H groups in total. The highest BCUT2D eigenvalue weighted by Gasteiger charge is 2.22. The largest absolute Gasteiger partial charge is 0.352 e. The van der Waals surface area contributed by atoms with E-state index >= 15 is 0 Å². The van der Waals surface area contributed by atoms with Crippen LogP contribution in [0.25, 0.3) is 0 Å². The predicted molar refractivity (Wildman–Crippen MR) is 97.6 cm³/mol. The Morgan fingerprint density at radius 1 is 1.08 bits per heavy atom. The highest BCUT2D eigenvalue weighted by molar-refractivity contribution is 5.79. The summed E-state index contributed by atoms with van der Waals surface area (Å²) in [5, 5.41) is 8.33. The number of nitrogens with zero attached hydrogens (tertiary/aromatic N) is 5. The van der Waals surface area contributed by atoms with Crippen molar-refractivity contribution in [3.05, 3.63) is 47.4 Å². The number of aryl methyl sites for hydroxylation is 1. The van der Waals surface area contributed by atoms with Crippen molar-refractivity contribution in [2.45, 2.75) is 33.1 Å². The fraction of sp³-hybridized carbons (Fsp3) is 0.474. The molecule has 0 aromatic carbocycles. The lowest BCUT2D eigenvalue weighted by atomic mass is 10.1. The lowest BCUT2D eigenvalue weighted by Crippen LogP contribution is -2.49. The molecule has 1 amide bonds. The SMILES string of the molecule is Cc1ccc(N2CCN(C(=O)Cc3ccc(C(C)C)nc3)CC2)nn1. The fourth-order valence-electron chi connectivity index (χ4n) is 2.91. The third-order valence-electron chi connectivity index (χ3n) is 4.53. The molecule has 6 heteroatoms. The molecule has 3 rings (SSSR count). The van der Waals surface area contributed by atoms with Gasteiger partial charge in [-0.05, 0) is 36.6 Å². The van der Waals surface area contributed by atoms with Crippen LogP contribution >= 0.6 is 0 Å². The molecule has 2 aromatic rings. The molecule has 0 saturated carbocycles. The van der Waals surface area contributed by atoms with E-state index in [1.165, 1.54) is 0 Å². The van der Waals surface area contributed by atoms with Crippen molar-refractivity contribution in [3.63, 3.8) is 0 Å². The second-order valence-corrected chi connectivity index (χ2v) is 6.82. The molecule has 0 atom stereocenters. The molecule has 1 aliphatic heterocycles. The van der Waals surface area contributed by atoms with Gasteiger partial charge in [-0.25, -0.2) is 0 Å². The molecule has 3 heterocycles. The summed E-state index contributed by atoms with van der Waals surface area (Å²) < 4.78 is 0. The molecule has 0 radical (unpaired) electrons. The van der Waals surface area contributed by atoms with Gasteiger partial charge in [-0.1, -0.05) is 19.9 Å². The van der Waals surface area contributed by atoms with E-state index in [1.54, 1.807) is 0 Å². The van der Waals surface area contributed by atoms with Gasteiger partial charge >= 0.3 is 0 Å². The maximum atomic E-state index is 12.5. The first-order chi connectivity index (χ1) is 12.0. The molecular weight excluding hydrogens is 314 g/mol. The lowest BCUT2D eigenvalue weighted by molar-refractivity contribution is -0.130. The van der Waals surface area contributed by atoms with Gasteiger partial charge in [0.2, 0.25) is 5.91 Å². The first-order valence-electron chi connectivity index (χ1n) is 8.81. The van der Waals surface area contributed by atoms with Gasteiger partial charge in [0.1, 0.15) is 0 Å². The van der Waals surface area contributed by atoms with E-state index in [0.29, 0.717) is 25.4 Å². The van der Waals surface area contributed by atoms with Crippen molar-refractivity contribution in [2.75, 3.05) is 31.1 Å². The Labute approximate surface area is 148 Å². The monoisotopic (exact) mass is 339 g/mol. The van der Waals surface area contributed by atoms with E-state index in [-0.39, 0.29) is 5.91 Å². The van der Waals surface area contributed by atoms with E-state index in [0.717, 1.165) is 35.9 Å². The summed E-state index contributed by atoms with van der Waals surface area (Å²) in [5.41, 5.74) is 2.94. The minimum Gasteiger partial charge on any atom is -0.352 e. The van der Waals surface area contributed by atoms with Crippen LogP contribution in [0.3, 0.4) is 0 Å². The van der Waals surface area contributed by atoms with Crippen LogP contribution in [-0.4, -0.2) is 52.2 Å². The third-order valence-corrected chi connectivity index (χ3v) is 4.53. The van der Waals surface area contributed by atoms with E-state index in [2.05, 4.69) is 33.9 Å². The molecular formula is C19H25N5O.